The molecule has 2 aromatic rings. The third-order valence-electron chi connectivity index (χ3n) is 2.99. The van der Waals surface area contributed by atoms with E-state index in [0.717, 1.165) is 11.4 Å². The highest BCUT2D eigenvalue weighted by molar-refractivity contribution is 5.26. The van der Waals surface area contributed by atoms with Crippen molar-refractivity contribution in [2.75, 3.05) is 0 Å². The Morgan fingerprint density at radius 2 is 2.28 bits per heavy atom. The van der Waals surface area contributed by atoms with Crippen LogP contribution in [0.5, 0.6) is 0 Å². The average molecular weight is 249 g/mol. The number of hydrogen-bond donors (Lipinski definition) is 2. The van der Waals surface area contributed by atoms with E-state index in [1.54, 1.807) is 17.7 Å². The molecule has 2 rings (SSSR count). The van der Waals surface area contributed by atoms with Gasteiger partial charge in [-0.1, -0.05) is 12.1 Å². The first-order valence-electron chi connectivity index (χ1n) is 5.67. The molecule has 1 aromatic carbocycles. The maximum absolute atomic E-state index is 13.5. The molecule has 1 heterocycles. The Labute approximate surface area is 105 Å². The zero-order valence-electron chi connectivity index (χ0n) is 10.4. The third kappa shape index (κ3) is 2.55. The minimum atomic E-state index is -0.231. The van der Waals surface area contributed by atoms with Crippen LogP contribution in [0.25, 0.3) is 0 Å². The van der Waals surface area contributed by atoms with E-state index in [0.29, 0.717) is 12.0 Å². The molecular formula is C12H16FN5. The van der Waals surface area contributed by atoms with E-state index >= 15 is 0 Å². The van der Waals surface area contributed by atoms with Crippen LogP contribution in [0.4, 0.5) is 4.39 Å². The van der Waals surface area contributed by atoms with Crippen LogP contribution in [0, 0.1) is 12.7 Å². The molecule has 0 aliphatic carbocycles. The lowest BCUT2D eigenvalue weighted by molar-refractivity contribution is 0.518. The van der Waals surface area contributed by atoms with Crippen molar-refractivity contribution in [3.05, 3.63) is 47.3 Å². The van der Waals surface area contributed by atoms with Gasteiger partial charge in [-0.3, -0.25) is 16.0 Å². The fourth-order valence-corrected chi connectivity index (χ4v) is 1.79. The van der Waals surface area contributed by atoms with Crippen molar-refractivity contribution in [2.45, 2.75) is 19.4 Å². The largest absolute Gasteiger partial charge is 0.271 e. The Morgan fingerprint density at radius 3 is 2.83 bits per heavy atom. The molecule has 3 N–H and O–H groups in total. The monoisotopic (exact) mass is 249 g/mol. The maximum Gasteiger partial charge on any atom is 0.138 e. The standard InChI is InChI=1S/C12H16FN5/c1-8-3-4-9(5-10(8)13)11(17-14)6-12-15-7-16-18(12)2/h3-5,7,11,17H,6,14H2,1-2H3. The molecule has 6 heteroatoms. The predicted molar refractivity (Wildman–Crippen MR) is 65.9 cm³/mol. The molecule has 0 saturated heterocycles. The molecular weight excluding hydrogens is 233 g/mol. The summed E-state index contributed by atoms with van der Waals surface area (Å²) in [7, 11) is 1.81. The van der Waals surface area contributed by atoms with Gasteiger partial charge >= 0.3 is 0 Å². The third-order valence-corrected chi connectivity index (χ3v) is 2.99. The van der Waals surface area contributed by atoms with Crippen molar-refractivity contribution in [1.82, 2.24) is 20.2 Å². The molecule has 0 fully saturated rings. The molecule has 96 valence electrons. The molecule has 1 aromatic heterocycles. The van der Waals surface area contributed by atoms with E-state index in [9.17, 15) is 4.39 Å². The van der Waals surface area contributed by atoms with Gasteiger partial charge in [0.05, 0.1) is 6.04 Å². The molecule has 0 amide bonds. The molecule has 0 aliphatic heterocycles. The Bertz CT molecular complexity index is 537. The highest BCUT2D eigenvalue weighted by Crippen LogP contribution is 2.19. The molecule has 5 nitrogen and oxygen atoms in total. The zero-order chi connectivity index (χ0) is 13.1. The van der Waals surface area contributed by atoms with E-state index in [1.165, 1.54) is 12.4 Å². The Hall–Kier alpha value is -1.79. The van der Waals surface area contributed by atoms with E-state index in [-0.39, 0.29) is 11.9 Å². The topological polar surface area (TPSA) is 68.8 Å². The van der Waals surface area contributed by atoms with Gasteiger partial charge in [-0.15, -0.1) is 0 Å². The summed E-state index contributed by atoms with van der Waals surface area (Å²) in [5.41, 5.74) is 4.10. The first kappa shape index (κ1) is 12.7. The van der Waals surface area contributed by atoms with Crippen LogP contribution >= 0.6 is 0 Å². The molecule has 0 spiro atoms. The summed E-state index contributed by atoms with van der Waals surface area (Å²) in [6.45, 7) is 1.73. The number of nitrogens with two attached hydrogens (primary N) is 1. The van der Waals surface area contributed by atoms with Crippen molar-refractivity contribution in [2.24, 2.45) is 12.9 Å². The van der Waals surface area contributed by atoms with Gasteiger partial charge in [0.25, 0.3) is 0 Å². The highest BCUT2D eigenvalue weighted by Gasteiger charge is 2.14. The number of nitrogens with zero attached hydrogens (tertiary/aromatic N) is 3. The Morgan fingerprint density at radius 1 is 1.50 bits per heavy atom. The van der Waals surface area contributed by atoms with Crippen LogP contribution in [-0.4, -0.2) is 14.8 Å². The van der Waals surface area contributed by atoms with Crippen molar-refractivity contribution in [1.29, 1.82) is 0 Å². The number of aryl methyl sites for hydroxylation is 2. The molecule has 0 radical (unpaired) electrons. The van der Waals surface area contributed by atoms with E-state index in [2.05, 4.69) is 15.5 Å². The molecule has 18 heavy (non-hydrogen) atoms. The SMILES string of the molecule is Cc1ccc(C(Cc2ncnn2C)NN)cc1F. The smallest absolute Gasteiger partial charge is 0.138 e. The first-order valence-corrected chi connectivity index (χ1v) is 5.67. The number of halogens is 1. The van der Waals surface area contributed by atoms with Gasteiger partial charge in [0.1, 0.15) is 18.0 Å². The van der Waals surface area contributed by atoms with Crippen molar-refractivity contribution in [3.63, 3.8) is 0 Å². The zero-order valence-corrected chi connectivity index (χ0v) is 10.4. The van der Waals surface area contributed by atoms with Crippen molar-refractivity contribution in [3.8, 4) is 0 Å². The fraction of sp³-hybridized carbons (Fsp3) is 0.333. The lowest BCUT2D eigenvalue weighted by Gasteiger charge is -2.16. The van der Waals surface area contributed by atoms with Gasteiger partial charge < -0.3 is 0 Å². The Kier molecular flexibility index (Phi) is 3.69. The summed E-state index contributed by atoms with van der Waals surface area (Å²) in [5, 5.41) is 3.99. The number of hydrogen-bond acceptors (Lipinski definition) is 4. The van der Waals surface area contributed by atoms with Gasteiger partial charge in [-0.25, -0.2) is 9.37 Å². The summed E-state index contributed by atoms with van der Waals surface area (Å²) in [6, 6.07) is 4.91. The lowest BCUT2D eigenvalue weighted by atomic mass is 10.0. The summed E-state index contributed by atoms with van der Waals surface area (Å²) in [4.78, 5) is 4.13. The van der Waals surface area contributed by atoms with Crippen LogP contribution in [0.3, 0.4) is 0 Å². The second-order valence-electron chi connectivity index (χ2n) is 4.23. The number of nitrogens with one attached hydrogen (secondary N) is 1. The molecule has 0 saturated carbocycles. The van der Waals surface area contributed by atoms with Crippen LogP contribution in [0.15, 0.2) is 24.5 Å². The first-order chi connectivity index (χ1) is 8.61. The van der Waals surface area contributed by atoms with Crippen LogP contribution < -0.4 is 11.3 Å². The van der Waals surface area contributed by atoms with E-state index in [1.807, 2.05) is 13.1 Å². The van der Waals surface area contributed by atoms with Gasteiger partial charge in [-0.05, 0) is 24.1 Å². The van der Waals surface area contributed by atoms with Crippen LogP contribution in [-0.2, 0) is 13.5 Å². The van der Waals surface area contributed by atoms with Gasteiger partial charge in [0, 0.05) is 13.5 Å². The second kappa shape index (κ2) is 5.24. The molecule has 0 bridgehead atoms. The second-order valence-corrected chi connectivity index (χ2v) is 4.23. The molecule has 0 aliphatic rings. The lowest BCUT2D eigenvalue weighted by Crippen LogP contribution is -2.30. The number of benzene rings is 1. The number of aromatic nitrogens is 3. The van der Waals surface area contributed by atoms with Crippen LogP contribution in [0.2, 0.25) is 0 Å². The van der Waals surface area contributed by atoms with Gasteiger partial charge in [0.2, 0.25) is 0 Å². The molecule has 1 atom stereocenters. The fourth-order valence-electron chi connectivity index (χ4n) is 1.79. The minimum absolute atomic E-state index is 0.192. The Balaban J connectivity index is 2.23. The van der Waals surface area contributed by atoms with Gasteiger partial charge in [-0.2, -0.15) is 5.10 Å². The van der Waals surface area contributed by atoms with Crippen molar-refractivity contribution >= 4 is 0 Å². The van der Waals surface area contributed by atoms with E-state index < -0.39 is 0 Å². The summed E-state index contributed by atoms with van der Waals surface area (Å²) >= 11 is 0. The summed E-state index contributed by atoms with van der Waals surface area (Å²) < 4.78 is 15.2. The van der Waals surface area contributed by atoms with Gasteiger partial charge in [0.15, 0.2) is 0 Å². The van der Waals surface area contributed by atoms with Crippen LogP contribution in [0.1, 0.15) is 23.0 Å². The minimum Gasteiger partial charge on any atom is -0.271 e. The quantitative estimate of drug-likeness (QED) is 0.627. The normalized spacial score (nSPS) is 12.7. The predicted octanol–water partition coefficient (Wildman–Crippen LogP) is 1.01. The average Bonchev–Trinajstić information content (AvgIpc) is 2.75. The maximum atomic E-state index is 13.5. The number of rotatable bonds is 4. The summed E-state index contributed by atoms with van der Waals surface area (Å²) in [5.74, 6) is 6.09. The molecule has 1 unspecified atom stereocenters. The number of hydrazine groups is 1. The van der Waals surface area contributed by atoms with Crippen molar-refractivity contribution < 1.29 is 4.39 Å². The summed E-state index contributed by atoms with van der Waals surface area (Å²) in [6.07, 6.45) is 2.04. The highest BCUT2D eigenvalue weighted by atomic mass is 19.1. The van der Waals surface area contributed by atoms with E-state index in [4.69, 9.17) is 5.84 Å².